The number of benzene rings is 2. The van der Waals surface area contributed by atoms with Crippen LogP contribution in [0.15, 0.2) is 70.9 Å². The molecule has 2 N–H and O–H groups in total. The fraction of sp³-hybridized carbons (Fsp3) is 0.208. The minimum atomic E-state index is -0.412. The predicted molar refractivity (Wildman–Crippen MR) is 118 cm³/mol. The molecule has 0 radical (unpaired) electrons. The summed E-state index contributed by atoms with van der Waals surface area (Å²) in [5, 5.41) is 21.1. The van der Waals surface area contributed by atoms with Gasteiger partial charge in [0.05, 0.1) is 0 Å². The van der Waals surface area contributed by atoms with Crippen molar-refractivity contribution >= 4 is 27.3 Å². The number of carbonyl (C=O) groups excluding carboxylic acids is 1. The van der Waals surface area contributed by atoms with Gasteiger partial charge in [-0.05, 0) is 62.2 Å². The summed E-state index contributed by atoms with van der Waals surface area (Å²) in [5.74, 6) is 0.0614. The minimum Gasteiger partial charge on any atom is -0.508 e. The molecule has 4 nitrogen and oxygen atoms in total. The van der Waals surface area contributed by atoms with Crippen molar-refractivity contribution in [3.8, 4) is 11.5 Å². The summed E-state index contributed by atoms with van der Waals surface area (Å²) >= 11 is 3.49. The van der Waals surface area contributed by atoms with Crippen LogP contribution in [0, 0.1) is 6.92 Å². The molecule has 150 valence electrons. The van der Waals surface area contributed by atoms with Crippen molar-refractivity contribution in [1.82, 2.24) is 0 Å². The lowest BCUT2D eigenvalue weighted by Gasteiger charge is -2.28. The van der Waals surface area contributed by atoms with E-state index in [2.05, 4.69) is 22.5 Å². The van der Waals surface area contributed by atoms with Gasteiger partial charge in [-0.2, -0.15) is 0 Å². The van der Waals surface area contributed by atoms with Gasteiger partial charge < -0.3 is 14.9 Å². The molecule has 0 spiro atoms. The third-order valence-corrected chi connectivity index (χ3v) is 5.43. The highest BCUT2D eigenvalue weighted by atomic mass is 79.9. The number of Topliss-reactive ketones (excluding diaryl/α,β-unsaturated/α-hetero) is 1. The number of hydrogen-bond donors (Lipinski definition) is 2. The molecule has 2 aromatic rings. The van der Waals surface area contributed by atoms with Crippen molar-refractivity contribution in [3.63, 3.8) is 0 Å². The molecule has 0 saturated heterocycles. The zero-order chi connectivity index (χ0) is 21.1. The van der Waals surface area contributed by atoms with Gasteiger partial charge in [-0.3, -0.25) is 4.79 Å². The largest absolute Gasteiger partial charge is 0.508 e. The minimum absolute atomic E-state index is 0.0840. The second-order valence-corrected chi connectivity index (χ2v) is 8.00. The van der Waals surface area contributed by atoms with E-state index in [0.717, 1.165) is 21.2 Å². The number of ether oxygens (including phenoxy) is 1. The second kappa shape index (κ2) is 8.70. The van der Waals surface area contributed by atoms with Crippen LogP contribution in [0.1, 0.15) is 36.0 Å². The molecule has 29 heavy (non-hydrogen) atoms. The number of hydrogen-bond acceptors (Lipinski definition) is 4. The predicted octanol–water partition coefficient (Wildman–Crippen LogP) is 6.00. The Morgan fingerprint density at radius 1 is 1.28 bits per heavy atom. The average molecular weight is 455 g/mol. The van der Waals surface area contributed by atoms with Crippen LogP contribution in [0.4, 0.5) is 0 Å². The number of allylic oxidation sites excluding steroid dienone is 3. The first kappa shape index (κ1) is 20.9. The van der Waals surface area contributed by atoms with Gasteiger partial charge >= 0.3 is 0 Å². The molecular weight excluding hydrogens is 432 g/mol. The Morgan fingerprint density at radius 2 is 2.03 bits per heavy atom. The van der Waals surface area contributed by atoms with Crippen molar-refractivity contribution in [2.24, 2.45) is 0 Å². The fourth-order valence-corrected chi connectivity index (χ4v) is 4.04. The van der Waals surface area contributed by atoms with E-state index in [1.165, 1.54) is 6.92 Å². The maximum atomic E-state index is 12.4. The van der Waals surface area contributed by atoms with Crippen molar-refractivity contribution in [2.45, 2.75) is 26.2 Å². The number of ketones is 1. The number of aliphatic hydroxyl groups is 1. The molecule has 0 amide bonds. The second-order valence-electron chi connectivity index (χ2n) is 7.08. The molecule has 0 aliphatic heterocycles. The van der Waals surface area contributed by atoms with Gasteiger partial charge in [0.15, 0.2) is 5.78 Å². The molecule has 3 rings (SSSR count). The van der Waals surface area contributed by atoms with Crippen LogP contribution in [-0.4, -0.2) is 22.6 Å². The molecule has 1 aliphatic carbocycles. The number of phenolic OH excluding ortho intramolecular Hbond substituents is 1. The third-order valence-electron chi connectivity index (χ3n) is 4.94. The topological polar surface area (TPSA) is 66.8 Å². The van der Waals surface area contributed by atoms with Crippen LogP contribution < -0.4 is 4.74 Å². The van der Waals surface area contributed by atoms with Crippen LogP contribution >= 0.6 is 15.9 Å². The molecule has 0 aromatic heterocycles. The van der Waals surface area contributed by atoms with Crippen LogP contribution in [-0.2, 0) is 4.79 Å². The maximum absolute atomic E-state index is 12.4. The zero-order valence-electron chi connectivity index (χ0n) is 16.4. The van der Waals surface area contributed by atoms with Crippen molar-refractivity contribution < 1.29 is 19.7 Å². The average Bonchev–Trinajstić information content (AvgIpc) is 2.67. The Hall–Kier alpha value is -2.79. The van der Waals surface area contributed by atoms with Gasteiger partial charge in [0.25, 0.3) is 0 Å². The van der Waals surface area contributed by atoms with Gasteiger partial charge in [-0.25, -0.2) is 0 Å². The maximum Gasteiger partial charge on any atom is 0.160 e. The lowest BCUT2D eigenvalue weighted by molar-refractivity contribution is -0.114. The van der Waals surface area contributed by atoms with E-state index in [9.17, 15) is 15.0 Å². The summed E-state index contributed by atoms with van der Waals surface area (Å²) in [7, 11) is 0. The van der Waals surface area contributed by atoms with Gasteiger partial charge in [0.1, 0.15) is 23.9 Å². The quantitative estimate of drug-likeness (QED) is 0.525. The van der Waals surface area contributed by atoms with Gasteiger partial charge in [-0.1, -0.05) is 40.2 Å². The van der Waals surface area contributed by atoms with Crippen molar-refractivity contribution in [2.75, 3.05) is 6.61 Å². The standard InChI is InChI=1S/C24H23BrO4/c1-4-9-29-23-8-6-17(25)13-19(23)20-11-16(12-22(28)24(20)15(3)26)18-10-14(2)5-7-21(18)27/h4-8,10,12-13,20,27-28H,1,9,11H2,2-3H3. The van der Waals surface area contributed by atoms with Crippen LogP contribution in [0.3, 0.4) is 0 Å². The Bertz CT molecular complexity index is 1030. The Kier molecular flexibility index (Phi) is 6.28. The van der Waals surface area contributed by atoms with Crippen LogP contribution in [0.25, 0.3) is 5.57 Å². The van der Waals surface area contributed by atoms with E-state index in [1.54, 1.807) is 18.2 Å². The summed E-state index contributed by atoms with van der Waals surface area (Å²) in [6.07, 6.45) is 3.67. The molecule has 1 aliphatic rings. The first-order valence-electron chi connectivity index (χ1n) is 9.29. The molecule has 0 bridgehead atoms. The zero-order valence-corrected chi connectivity index (χ0v) is 18.0. The Morgan fingerprint density at radius 3 is 2.72 bits per heavy atom. The SMILES string of the molecule is C=CCOc1ccc(Br)cc1C1CC(c2cc(C)ccc2O)=CC(O)=C1C(C)=O. The summed E-state index contributed by atoms with van der Waals surface area (Å²) in [6, 6.07) is 10.9. The number of aromatic hydroxyl groups is 1. The van der Waals surface area contributed by atoms with Crippen LogP contribution in [0.5, 0.6) is 11.5 Å². The smallest absolute Gasteiger partial charge is 0.160 e. The number of halogens is 1. The van der Waals surface area contributed by atoms with E-state index in [0.29, 0.717) is 29.9 Å². The molecule has 0 saturated carbocycles. The number of phenols is 1. The monoisotopic (exact) mass is 454 g/mol. The first-order chi connectivity index (χ1) is 13.8. The molecular formula is C24H23BrO4. The van der Waals surface area contributed by atoms with Gasteiger partial charge in [0.2, 0.25) is 0 Å². The molecule has 1 atom stereocenters. The highest BCUT2D eigenvalue weighted by Crippen LogP contribution is 2.45. The summed E-state index contributed by atoms with van der Waals surface area (Å²) in [4.78, 5) is 12.4. The van der Waals surface area contributed by atoms with Gasteiger partial charge in [0, 0.05) is 27.1 Å². The molecule has 5 heteroatoms. The highest BCUT2D eigenvalue weighted by Gasteiger charge is 2.31. The van der Waals surface area contributed by atoms with E-state index < -0.39 is 5.92 Å². The third kappa shape index (κ3) is 4.46. The highest BCUT2D eigenvalue weighted by molar-refractivity contribution is 9.10. The fourth-order valence-electron chi connectivity index (χ4n) is 3.66. The Labute approximate surface area is 179 Å². The molecule has 1 unspecified atom stereocenters. The van der Waals surface area contributed by atoms with E-state index >= 15 is 0 Å². The molecule has 2 aromatic carbocycles. The summed E-state index contributed by atoms with van der Waals surface area (Å²) in [5.41, 5.74) is 3.52. The van der Waals surface area contributed by atoms with E-state index in [1.807, 2.05) is 37.3 Å². The van der Waals surface area contributed by atoms with Crippen molar-refractivity contribution in [3.05, 3.63) is 87.6 Å². The van der Waals surface area contributed by atoms with E-state index in [4.69, 9.17) is 4.74 Å². The van der Waals surface area contributed by atoms with Gasteiger partial charge in [-0.15, -0.1) is 0 Å². The number of aliphatic hydroxyl groups excluding tert-OH is 1. The molecule has 0 heterocycles. The lowest BCUT2D eigenvalue weighted by Crippen LogP contribution is -2.17. The molecule has 0 fully saturated rings. The number of carbonyl (C=O) groups is 1. The summed E-state index contributed by atoms with van der Waals surface area (Å²) < 4.78 is 6.66. The number of rotatable bonds is 6. The Balaban J connectivity index is 2.16. The summed E-state index contributed by atoms with van der Waals surface area (Å²) in [6.45, 7) is 7.40. The lowest BCUT2D eigenvalue weighted by atomic mass is 9.77. The van der Waals surface area contributed by atoms with Crippen LogP contribution in [0.2, 0.25) is 0 Å². The van der Waals surface area contributed by atoms with E-state index in [-0.39, 0.29) is 17.3 Å². The number of aryl methyl sites for hydroxylation is 1. The first-order valence-corrected chi connectivity index (χ1v) is 10.1. The normalized spacial score (nSPS) is 16.4. The van der Waals surface area contributed by atoms with Crippen molar-refractivity contribution in [1.29, 1.82) is 0 Å².